The van der Waals surface area contributed by atoms with Crippen molar-refractivity contribution in [3.8, 4) is 11.4 Å². The Morgan fingerprint density at radius 2 is 2.00 bits per heavy atom. The van der Waals surface area contributed by atoms with Crippen LogP contribution in [0.5, 0.6) is 0 Å². The van der Waals surface area contributed by atoms with Crippen molar-refractivity contribution >= 4 is 5.69 Å². The Labute approximate surface area is 159 Å². The summed E-state index contributed by atoms with van der Waals surface area (Å²) in [5.41, 5.74) is 11.1. The Morgan fingerprint density at radius 3 is 2.81 bits per heavy atom. The van der Waals surface area contributed by atoms with E-state index < -0.39 is 0 Å². The van der Waals surface area contributed by atoms with Crippen LogP contribution in [0.2, 0.25) is 0 Å². The SMILES string of the molecule is CCCCc1ncc(CN2CCc3nc(-c4ccc(N)cc4)ncc3C2)[nH]1. The number of aryl methyl sites for hydroxylation is 1. The van der Waals surface area contributed by atoms with Crippen LogP contribution in [-0.2, 0) is 25.9 Å². The van der Waals surface area contributed by atoms with Gasteiger partial charge in [-0.05, 0) is 30.7 Å². The number of nitrogens with zero attached hydrogens (tertiary/aromatic N) is 4. The predicted molar refractivity (Wildman–Crippen MR) is 107 cm³/mol. The number of hydrogen-bond donors (Lipinski definition) is 2. The maximum absolute atomic E-state index is 5.77. The number of hydrogen-bond acceptors (Lipinski definition) is 5. The van der Waals surface area contributed by atoms with E-state index in [1.54, 1.807) is 0 Å². The maximum Gasteiger partial charge on any atom is 0.159 e. The van der Waals surface area contributed by atoms with Crippen molar-refractivity contribution in [1.29, 1.82) is 0 Å². The number of imidazole rings is 1. The predicted octanol–water partition coefficient (Wildman–Crippen LogP) is 3.35. The molecule has 0 aliphatic carbocycles. The zero-order valence-electron chi connectivity index (χ0n) is 15.8. The molecular formula is C21H26N6. The van der Waals surface area contributed by atoms with E-state index in [-0.39, 0.29) is 0 Å². The van der Waals surface area contributed by atoms with Crippen LogP contribution >= 0.6 is 0 Å². The third kappa shape index (κ3) is 4.17. The average Bonchev–Trinajstić information content (AvgIpc) is 3.14. The molecule has 1 aliphatic heterocycles. The summed E-state index contributed by atoms with van der Waals surface area (Å²) in [4.78, 5) is 19.7. The first kappa shape index (κ1) is 17.7. The minimum Gasteiger partial charge on any atom is -0.399 e. The van der Waals surface area contributed by atoms with Gasteiger partial charge < -0.3 is 10.7 Å². The quantitative estimate of drug-likeness (QED) is 0.657. The van der Waals surface area contributed by atoms with Gasteiger partial charge in [0.25, 0.3) is 0 Å². The molecule has 3 N–H and O–H groups in total. The van der Waals surface area contributed by atoms with E-state index >= 15 is 0 Å². The van der Waals surface area contributed by atoms with Crippen LogP contribution in [-0.4, -0.2) is 31.4 Å². The minimum absolute atomic E-state index is 0.754. The van der Waals surface area contributed by atoms with Gasteiger partial charge in [0, 0.05) is 67.4 Å². The molecule has 2 aromatic heterocycles. The van der Waals surface area contributed by atoms with Gasteiger partial charge in [0.15, 0.2) is 5.82 Å². The van der Waals surface area contributed by atoms with Crippen molar-refractivity contribution < 1.29 is 0 Å². The van der Waals surface area contributed by atoms with E-state index in [9.17, 15) is 0 Å². The van der Waals surface area contributed by atoms with Crippen LogP contribution in [0.1, 0.15) is 42.5 Å². The van der Waals surface area contributed by atoms with Crippen molar-refractivity contribution in [1.82, 2.24) is 24.8 Å². The number of nitrogen functional groups attached to an aromatic ring is 1. The fourth-order valence-electron chi connectivity index (χ4n) is 3.48. The summed E-state index contributed by atoms with van der Waals surface area (Å²) in [5.74, 6) is 1.87. The first-order chi connectivity index (χ1) is 13.2. The second kappa shape index (κ2) is 7.88. The van der Waals surface area contributed by atoms with Crippen LogP contribution in [0.3, 0.4) is 0 Å². The smallest absolute Gasteiger partial charge is 0.159 e. The topological polar surface area (TPSA) is 83.7 Å². The van der Waals surface area contributed by atoms with E-state index in [1.165, 1.54) is 24.1 Å². The highest BCUT2D eigenvalue weighted by Crippen LogP contribution is 2.22. The standard InChI is InChI=1S/C21H26N6/c1-2-3-4-20-23-12-18(25-20)14-27-10-9-19-16(13-27)11-24-21(26-19)15-5-7-17(22)8-6-15/h5-8,11-12H,2-4,9-10,13-14,22H2,1H3,(H,23,25). The molecule has 6 nitrogen and oxygen atoms in total. The molecule has 0 radical (unpaired) electrons. The summed E-state index contributed by atoms with van der Waals surface area (Å²) < 4.78 is 0. The number of unbranched alkanes of at least 4 members (excludes halogenated alkanes) is 1. The Bertz CT molecular complexity index is 899. The van der Waals surface area contributed by atoms with Crippen LogP contribution in [0.15, 0.2) is 36.7 Å². The molecule has 3 aromatic rings. The summed E-state index contributed by atoms with van der Waals surface area (Å²) in [6.07, 6.45) is 8.29. The Hall–Kier alpha value is -2.73. The molecule has 6 heteroatoms. The molecule has 4 rings (SSSR count). The van der Waals surface area contributed by atoms with Crippen LogP contribution in [0, 0.1) is 0 Å². The summed E-state index contributed by atoms with van der Waals surface area (Å²) in [7, 11) is 0. The molecular weight excluding hydrogens is 336 g/mol. The molecule has 27 heavy (non-hydrogen) atoms. The Kier molecular flexibility index (Phi) is 5.16. The fraction of sp³-hybridized carbons (Fsp3) is 0.381. The Morgan fingerprint density at radius 1 is 1.15 bits per heavy atom. The zero-order chi connectivity index (χ0) is 18.6. The van der Waals surface area contributed by atoms with Crippen molar-refractivity contribution in [2.75, 3.05) is 12.3 Å². The number of aromatic nitrogens is 4. The lowest BCUT2D eigenvalue weighted by Gasteiger charge is -2.27. The number of aromatic amines is 1. The molecule has 0 spiro atoms. The van der Waals surface area contributed by atoms with Crippen molar-refractivity contribution in [3.63, 3.8) is 0 Å². The third-order valence-corrected chi connectivity index (χ3v) is 5.02. The van der Waals surface area contributed by atoms with Gasteiger partial charge in [0.05, 0.1) is 5.69 Å². The number of fused-ring (bicyclic) bond motifs is 1. The third-order valence-electron chi connectivity index (χ3n) is 5.02. The number of anilines is 1. The lowest BCUT2D eigenvalue weighted by molar-refractivity contribution is 0.240. The van der Waals surface area contributed by atoms with Gasteiger partial charge >= 0.3 is 0 Å². The van der Waals surface area contributed by atoms with E-state index in [2.05, 4.69) is 26.8 Å². The van der Waals surface area contributed by atoms with Crippen molar-refractivity contribution in [2.24, 2.45) is 0 Å². The normalized spacial score (nSPS) is 14.3. The summed E-state index contributed by atoms with van der Waals surface area (Å²) >= 11 is 0. The first-order valence-corrected chi connectivity index (χ1v) is 9.67. The molecule has 3 heterocycles. The van der Waals surface area contributed by atoms with E-state index in [1.807, 2.05) is 36.7 Å². The van der Waals surface area contributed by atoms with Gasteiger partial charge in [0.1, 0.15) is 5.82 Å². The van der Waals surface area contributed by atoms with E-state index in [0.717, 1.165) is 61.1 Å². The molecule has 0 saturated heterocycles. The van der Waals surface area contributed by atoms with Gasteiger partial charge in [-0.2, -0.15) is 0 Å². The van der Waals surface area contributed by atoms with Gasteiger partial charge in [-0.25, -0.2) is 15.0 Å². The van der Waals surface area contributed by atoms with E-state index in [4.69, 9.17) is 10.7 Å². The van der Waals surface area contributed by atoms with Crippen LogP contribution in [0.4, 0.5) is 5.69 Å². The molecule has 140 valence electrons. The molecule has 0 amide bonds. The lowest BCUT2D eigenvalue weighted by atomic mass is 10.1. The molecule has 0 atom stereocenters. The second-order valence-corrected chi connectivity index (χ2v) is 7.21. The van der Waals surface area contributed by atoms with Gasteiger partial charge in [-0.3, -0.25) is 4.90 Å². The highest BCUT2D eigenvalue weighted by Gasteiger charge is 2.19. The number of benzene rings is 1. The van der Waals surface area contributed by atoms with Crippen molar-refractivity contribution in [2.45, 2.75) is 45.7 Å². The molecule has 0 unspecified atom stereocenters. The second-order valence-electron chi connectivity index (χ2n) is 7.21. The fourth-order valence-corrected chi connectivity index (χ4v) is 3.48. The number of nitrogens with one attached hydrogen (secondary N) is 1. The molecule has 0 bridgehead atoms. The lowest BCUT2D eigenvalue weighted by Crippen LogP contribution is -2.31. The average molecular weight is 362 g/mol. The summed E-state index contributed by atoms with van der Waals surface area (Å²) in [6.45, 7) is 4.96. The summed E-state index contributed by atoms with van der Waals surface area (Å²) in [5, 5.41) is 0. The number of H-pyrrole nitrogens is 1. The number of rotatable bonds is 6. The minimum atomic E-state index is 0.754. The summed E-state index contributed by atoms with van der Waals surface area (Å²) in [6, 6.07) is 7.72. The van der Waals surface area contributed by atoms with Gasteiger partial charge in [-0.15, -0.1) is 0 Å². The van der Waals surface area contributed by atoms with Crippen LogP contribution < -0.4 is 5.73 Å². The first-order valence-electron chi connectivity index (χ1n) is 9.67. The Balaban J connectivity index is 1.42. The van der Waals surface area contributed by atoms with Crippen molar-refractivity contribution in [3.05, 3.63) is 59.4 Å². The highest BCUT2D eigenvalue weighted by atomic mass is 15.1. The zero-order valence-corrected chi connectivity index (χ0v) is 15.8. The van der Waals surface area contributed by atoms with E-state index in [0.29, 0.717) is 0 Å². The molecule has 1 aromatic carbocycles. The van der Waals surface area contributed by atoms with Gasteiger partial charge in [0.2, 0.25) is 0 Å². The number of nitrogens with two attached hydrogens (primary N) is 1. The highest BCUT2D eigenvalue weighted by molar-refractivity contribution is 5.58. The van der Waals surface area contributed by atoms with Gasteiger partial charge in [-0.1, -0.05) is 13.3 Å². The monoisotopic (exact) mass is 362 g/mol. The molecule has 0 fully saturated rings. The molecule has 0 saturated carbocycles. The molecule has 1 aliphatic rings. The maximum atomic E-state index is 5.77. The van der Waals surface area contributed by atoms with Crippen LogP contribution in [0.25, 0.3) is 11.4 Å². The largest absolute Gasteiger partial charge is 0.399 e.